The van der Waals surface area contributed by atoms with Crippen LogP contribution in [0, 0.1) is 11.3 Å². The van der Waals surface area contributed by atoms with Crippen molar-refractivity contribution < 1.29 is 0 Å². The molecule has 0 aliphatic carbocycles. The molecule has 3 heteroatoms. The van der Waals surface area contributed by atoms with Gasteiger partial charge < -0.3 is 4.90 Å². The van der Waals surface area contributed by atoms with Crippen LogP contribution in [0.1, 0.15) is 5.56 Å². The van der Waals surface area contributed by atoms with Gasteiger partial charge in [0.2, 0.25) is 0 Å². The van der Waals surface area contributed by atoms with Crippen LogP contribution in [0.2, 0.25) is 0 Å². The maximum Gasteiger partial charge on any atom is 0.0991 e. The molecule has 7 aromatic carbocycles. The monoisotopic (exact) mass is 578 g/mol. The number of hydrogen-bond donors (Lipinski definition) is 0. The summed E-state index contributed by atoms with van der Waals surface area (Å²) in [6, 6.07) is 58.0. The van der Waals surface area contributed by atoms with Gasteiger partial charge in [-0.25, -0.2) is 0 Å². The molecule has 2 nitrogen and oxygen atoms in total. The molecule has 0 fully saturated rings. The van der Waals surface area contributed by atoms with Gasteiger partial charge in [-0.3, -0.25) is 0 Å². The number of para-hydroxylation sites is 2. The van der Waals surface area contributed by atoms with Crippen LogP contribution in [0.25, 0.3) is 53.2 Å². The second-order valence-electron chi connectivity index (χ2n) is 10.9. The normalized spacial score (nSPS) is 11.2. The molecule has 0 atom stereocenters. The fourth-order valence-electron chi connectivity index (χ4n) is 6.30. The Bertz CT molecular complexity index is 2350. The average Bonchev–Trinajstić information content (AvgIpc) is 3.48. The third-order valence-corrected chi connectivity index (χ3v) is 9.40. The maximum absolute atomic E-state index is 9.71. The van der Waals surface area contributed by atoms with E-state index in [2.05, 4.69) is 157 Å². The lowest BCUT2D eigenvalue weighted by atomic mass is 9.93. The molecular formula is C41H26N2S. The number of nitrogens with zero attached hydrogens (tertiary/aromatic N) is 2. The molecular weight excluding hydrogens is 553 g/mol. The van der Waals surface area contributed by atoms with E-state index in [0.717, 1.165) is 28.0 Å². The molecule has 1 heterocycles. The molecule has 0 radical (unpaired) electrons. The number of rotatable bonds is 5. The fourth-order valence-corrected chi connectivity index (χ4v) is 7.39. The van der Waals surface area contributed by atoms with Crippen LogP contribution in [-0.4, -0.2) is 0 Å². The van der Waals surface area contributed by atoms with Crippen molar-refractivity contribution in [3.63, 3.8) is 0 Å². The molecule has 0 saturated carbocycles. The van der Waals surface area contributed by atoms with Gasteiger partial charge in [-0.15, -0.1) is 11.3 Å². The summed E-state index contributed by atoms with van der Waals surface area (Å²) in [5.74, 6) is 0. The Morgan fingerprint density at radius 2 is 1.18 bits per heavy atom. The lowest BCUT2D eigenvalue weighted by Gasteiger charge is -2.28. The Balaban J connectivity index is 1.41. The van der Waals surface area contributed by atoms with Crippen LogP contribution < -0.4 is 4.90 Å². The van der Waals surface area contributed by atoms with Crippen molar-refractivity contribution >= 4 is 59.3 Å². The largest absolute Gasteiger partial charge is 0.310 e. The summed E-state index contributed by atoms with van der Waals surface area (Å²) < 4.78 is 2.42. The summed E-state index contributed by atoms with van der Waals surface area (Å²) in [7, 11) is 0. The summed E-state index contributed by atoms with van der Waals surface area (Å²) in [6.07, 6.45) is 0. The van der Waals surface area contributed by atoms with Gasteiger partial charge in [0.15, 0.2) is 0 Å². The quantitative estimate of drug-likeness (QED) is 0.203. The third kappa shape index (κ3) is 4.41. The fraction of sp³-hybridized carbons (Fsp3) is 0. The van der Waals surface area contributed by atoms with Crippen molar-refractivity contribution in [2.24, 2.45) is 0 Å². The van der Waals surface area contributed by atoms with Gasteiger partial charge in [-0.2, -0.15) is 5.26 Å². The summed E-state index contributed by atoms with van der Waals surface area (Å²) in [4.78, 5) is 2.36. The van der Waals surface area contributed by atoms with Crippen LogP contribution in [0.5, 0.6) is 0 Å². The summed E-state index contributed by atoms with van der Waals surface area (Å²) in [5, 5.41) is 14.4. The SMILES string of the molecule is N#Cc1ccc2sc3ccc4cccc(-c5ccccc5N(c5ccccc5)c5cccc(-c6ccccc6)c5)c4c3c2c1. The Kier molecular flexibility index (Phi) is 6.41. The van der Waals surface area contributed by atoms with Crippen molar-refractivity contribution in [3.8, 4) is 28.3 Å². The predicted molar refractivity (Wildman–Crippen MR) is 187 cm³/mol. The first kappa shape index (κ1) is 26.0. The van der Waals surface area contributed by atoms with Gasteiger partial charge in [0.05, 0.1) is 17.3 Å². The van der Waals surface area contributed by atoms with Crippen LogP contribution in [0.3, 0.4) is 0 Å². The third-order valence-electron chi connectivity index (χ3n) is 8.27. The molecule has 0 N–H and O–H groups in total. The van der Waals surface area contributed by atoms with E-state index in [1.54, 1.807) is 11.3 Å². The molecule has 8 aromatic rings. The molecule has 0 aliphatic heterocycles. The van der Waals surface area contributed by atoms with Crippen molar-refractivity contribution in [2.45, 2.75) is 0 Å². The van der Waals surface area contributed by atoms with E-state index in [-0.39, 0.29) is 0 Å². The average molecular weight is 579 g/mol. The van der Waals surface area contributed by atoms with Crippen molar-refractivity contribution in [1.82, 2.24) is 0 Å². The van der Waals surface area contributed by atoms with E-state index in [0.29, 0.717) is 5.56 Å². The van der Waals surface area contributed by atoms with E-state index in [4.69, 9.17) is 0 Å². The van der Waals surface area contributed by atoms with Gasteiger partial charge in [-0.1, -0.05) is 103 Å². The number of nitriles is 1. The maximum atomic E-state index is 9.71. The highest BCUT2D eigenvalue weighted by atomic mass is 32.1. The first-order chi connectivity index (χ1) is 21.8. The minimum absolute atomic E-state index is 0.681. The Labute approximate surface area is 260 Å². The zero-order chi connectivity index (χ0) is 29.5. The molecule has 0 unspecified atom stereocenters. The Morgan fingerprint density at radius 1 is 0.500 bits per heavy atom. The molecule has 1 aromatic heterocycles. The number of benzene rings is 7. The molecule has 0 spiro atoms. The Morgan fingerprint density at radius 3 is 2.02 bits per heavy atom. The first-order valence-electron chi connectivity index (χ1n) is 14.7. The van der Waals surface area contributed by atoms with Crippen molar-refractivity contribution in [1.29, 1.82) is 5.26 Å². The van der Waals surface area contributed by atoms with E-state index >= 15 is 0 Å². The highest BCUT2D eigenvalue weighted by Gasteiger charge is 2.20. The highest BCUT2D eigenvalue weighted by Crippen LogP contribution is 2.47. The minimum atomic E-state index is 0.681. The van der Waals surface area contributed by atoms with Crippen molar-refractivity contribution in [2.75, 3.05) is 4.90 Å². The number of fused-ring (bicyclic) bond motifs is 5. The van der Waals surface area contributed by atoms with Crippen molar-refractivity contribution in [3.05, 3.63) is 163 Å². The minimum Gasteiger partial charge on any atom is -0.310 e. The van der Waals surface area contributed by atoms with Gasteiger partial charge in [0, 0.05) is 37.1 Å². The summed E-state index contributed by atoms with van der Waals surface area (Å²) in [5.41, 5.74) is 8.65. The predicted octanol–water partition coefficient (Wildman–Crippen LogP) is 11.9. The lowest BCUT2D eigenvalue weighted by Crippen LogP contribution is -2.11. The van der Waals surface area contributed by atoms with Gasteiger partial charge in [0.1, 0.15) is 0 Å². The van der Waals surface area contributed by atoms with Crippen LogP contribution >= 0.6 is 11.3 Å². The number of anilines is 3. The van der Waals surface area contributed by atoms with Crippen LogP contribution in [-0.2, 0) is 0 Å². The van der Waals surface area contributed by atoms with Crippen LogP contribution in [0.4, 0.5) is 17.1 Å². The van der Waals surface area contributed by atoms with Gasteiger partial charge in [-0.05, 0) is 82.1 Å². The topological polar surface area (TPSA) is 27.0 Å². The molecule has 0 saturated heterocycles. The zero-order valence-corrected chi connectivity index (χ0v) is 24.6. The smallest absolute Gasteiger partial charge is 0.0991 e. The number of hydrogen-bond acceptors (Lipinski definition) is 3. The second-order valence-corrected chi connectivity index (χ2v) is 12.0. The molecule has 8 rings (SSSR count). The lowest BCUT2D eigenvalue weighted by molar-refractivity contribution is 1.28. The van der Waals surface area contributed by atoms with Gasteiger partial charge in [0.25, 0.3) is 0 Å². The summed E-state index contributed by atoms with van der Waals surface area (Å²) in [6.45, 7) is 0. The second kappa shape index (κ2) is 10.9. The van der Waals surface area contributed by atoms with E-state index in [9.17, 15) is 5.26 Å². The van der Waals surface area contributed by atoms with Crippen LogP contribution in [0.15, 0.2) is 158 Å². The molecule has 0 amide bonds. The standard InChI is InChI=1S/C41H26N2S/c42-27-28-21-23-38-36(25-28)41-39(44-38)24-22-30-13-10-19-35(40(30)41)34-18-7-8-20-37(34)43(32-15-5-2-6-16-32)33-17-9-14-31(26-33)29-11-3-1-4-12-29/h1-26H. The first-order valence-corrected chi connectivity index (χ1v) is 15.5. The summed E-state index contributed by atoms with van der Waals surface area (Å²) >= 11 is 1.78. The molecule has 206 valence electrons. The molecule has 0 bridgehead atoms. The van der Waals surface area contributed by atoms with E-state index < -0.39 is 0 Å². The van der Waals surface area contributed by atoms with Gasteiger partial charge >= 0.3 is 0 Å². The number of thiophene rings is 1. The Hall–Kier alpha value is -5.69. The highest BCUT2D eigenvalue weighted by molar-refractivity contribution is 7.26. The van der Waals surface area contributed by atoms with E-state index in [1.165, 1.54) is 42.2 Å². The molecule has 44 heavy (non-hydrogen) atoms. The van der Waals surface area contributed by atoms with E-state index in [1.807, 2.05) is 12.1 Å². The molecule has 0 aliphatic rings. The zero-order valence-electron chi connectivity index (χ0n) is 23.8.